The standard InChI is InChI=1S/C14H16N4OS/c1-8-9-5-7-20-12(9)4-6-18(8)14-10(15)2-3-11(17-14)13(16)19/h2-3,5,7-8H,4,6,15H2,1H3,(H2,16,19). The van der Waals surface area contributed by atoms with Gasteiger partial charge in [-0.05, 0) is 42.5 Å². The van der Waals surface area contributed by atoms with Gasteiger partial charge in [0.1, 0.15) is 5.69 Å². The number of nitrogens with zero attached hydrogens (tertiary/aromatic N) is 2. The number of aromatic nitrogens is 1. The summed E-state index contributed by atoms with van der Waals surface area (Å²) < 4.78 is 0. The number of hydrogen-bond acceptors (Lipinski definition) is 5. The molecule has 1 amide bonds. The fourth-order valence-corrected chi connectivity index (χ4v) is 3.59. The maximum Gasteiger partial charge on any atom is 0.267 e. The van der Waals surface area contributed by atoms with E-state index < -0.39 is 5.91 Å². The van der Waals surface area contributed by atoms with E-state index in [-0.39, 0.29) is 11.7 Å². The molecule has 1 atom stereocenters. The van der Waals surface area contributed by atoms with Gasteiger partial charge in [-0.2, -0.15) is 0 Å². The zero-order valence-electron chi connectivity index (χ0n) is 11.2. The number of anilines is 2. The fraction of sp³-hybridized carbons (Fsp3) is 0.286. The summed E-state index contributed by atoms with van der Waals surface area (Å²) in [6.07, 6.45) is 0.971. The van der Waals surface area contributed by atoms with Crippen LogP contribution >= 0.6 is 11.3 Å². The number of amides is 1. The Hall–Kier alpha value is -2.08. The summed E-state index contributed by atoms with van der Waals surface area (Å²) in [6.45, 7) is 2.97. The van der Waals surface area contributed by atoms with Crippen LogP contribution in [0, 0.1) is 0 Å². The van der Waals surface area contributed by atoms with Crippen molar-refractivity contribution < 1.29 is 4.79 Å². The fourth-order valence-electron chi connectivity index (χ4n) is 2.63. The molecule has 0 aromatic carbocycles. The third-order valence-electron chi connectivity index (χ3n) is 3.71. The van der Waals surface area contributed by atoms with Crippen LogP contribution in [0.2, 0.25) is 0 Å². The summed E-state index contributed by atoms with van der Waals surface area (Å²) in [7, 11) is 0. The minimum atomic E-state index is -0.535. The molecule has 3 rings (SSSR count). The van der Waals surface area contributed by atoms with Crippen LogP contribution in [0.25, 0.3) is 0 Å². The summed E-state index contributed by atoms with van der Waals surface area (Å²) >= 11 is 1.79. The first-order valence-electron chi connectivity index (χ1n) is 6.47. The second kappa shape index (κ2) is 4.79. The Morgan fingerprint density at radius 1 is 1.45 bits per heavy atom. The molecule has 0 aliphatic carbocycles. The third-order valence-corrected chi connectivity index (χ3v) is 4.70. The van der Waals surface area contributed by atoms with Gasteiger partial charge in [0.05, 0.1) is 11.7 Å². The van der Waals surface area contributed by atoms with Gasteiger partial charge in [0.2, 0.25) is 0 Å². The van der Waals surface area contributed by atoms with Crippen LogP contribution in [0.1, 0.15) is 33.9 Å². The van der Waals surface area contributed by atoms with Crippen LogP contribution in [0.5, 0.6) is 0 Å². The van der Waals surface area contributed by atoms with Crippen molar-refractivity contribution in [2.45, 2.75) is 19.4 Å². The number of carbonyl (C=O) groups is 1. The van der Waals surface area contributed by atoms with E-state index in [2.05, 4.69) is 28.3 Å². The lowest BCUT2D eigenvalue weighted by atomic mass is 10.0. The molecule has 0 fully saturated rings. The van der Waals surface area contributed by atoms with Gasteiger partial charge in [0.15, 0.2) is 5.82 Å². The van der Waals surface area contributed by atoms with Gasteiger partial charge in [-0.25, -0.2) is 4.98 Å². The summed E-state index contributed by atoms with van der Waals surface area (Å²) in [5.41, 5.74) is 13.5. The number of primary amides is 1. The van der Waals surface area contributed by atoms with Crippen molar-refractivity contribution in [2.75, 3.05) is 17.2 Å². The van der Waals surface area contributed by atoms with Gasteiger partial charge >= 0.3 is 0 Å². The number of nitrogen functional groups attached to an aromatic ring is 1. The molecule has 2 aromatic heterocycles. The van der Waals surface area contributed by atoms with Gasteiger partial charge in [0.25, 0.3) is 5.91 Å². The van der Waals surface area contributed by atoms with Crippen LogP contribution in [0.3, 0.4) is 0 Å². The molecule has 20 heavy (non-hydrogen) atoms. The van der Waals surface area contributed by atoms with E-state index in [0.29, 0.717) is 11.5 Å². The predicted molar refractivity (Wildman–Crippen MR) is 81.0 cm³/mol. The largest absolute Gasteiger partial charge is 0.396 e. The molecule has 4 N–H and O–H groups in total. The first kappa shape index (κ1) is 12.9. The molecular weight excluding hydrogens is 272 g/mol. The normalized spacial score (nSPS) is 17.9. The van der Waals surface area contributed by atoms with Crippen molar-refractivity contribution in [1.29, 1.82) is 0 Å². The Morgan fingerprint density at radius 3 is 3.00 bits per heavy atom. The number of rotatable bonds is 2. The van der Waals surface area contributed by atoms with Gasteiger partial charge in [-0.15, -0.1) is 11.3 Å². The van der Waals surface area contributed by atoms with E-state index in [1.165, 1.54) is 10.4 Å². The Kier molecular flexibility index (Phi) is 3.10. The van der Waals surface area contributed by atoms with Crippen molar-refractivity contribution in [3.05, 3.63) is 39.7 Å². The molecule has 6 heteroatoms. The van der Waals surface area contributed by atoms with E-state index in [0.717, 1.165) is 13.0 Å². The van der Waals surface area contributed by atoms with E-state index in [1.807, 2.05) is 0 Å². The number of nitrogens with two attached hydrogens (primary N) is 2. The minimum absolute atomic E-state index is 0.197. The molecule has 0 spiro atoms. The molecule has 1 aliphatic rings. The average molecular weight is 288 g/mol. The van der Waals surface area contributed by atoms with E-state index in [9.17, 15) is 4.79 Å². The van der Waals surface area contributed by atoms with Crippen molar-refractivity contribution in [3.8, 4) is 0 Å². The highest BCUT2D eigenvalue weighted by Gasteiger charge is 2.27. The molecular formula is C14H16N4OS. The molecule has 5 nitrogen and oxygen atoms in total. The zero-order chi connectivity index (χ0) is 14.3. The molecule has 104 valence electrons. The number of thiophene rings is 1. The topological polar surface area (TPSA) is 85.2 Å². The molecule has 1 unspecified atom stereocenters. The lowest BCUT2D eigenvalue weighted by molar-refractivity contribution is 0.0995. The summed E-state index contributed by atoms with van der Waals surface area (Å²) in [6, 6.07) is 5.60. The first-order valence-corrected chi connectivity index (χ1v) is 7.35. The highest BCUT2D eigenvalue weighted by Crippen LogP contribution is 2.37. The molecule has 0 saturated carbocycles. The molecule has 0 radical (unpaired) electrons. The highest BCUT2D eigenvalue weighted by molar-refractivity contribution is 7.10. The van der Waals surface area contributed by atoms with Crippen molar-refractivity contribution in [1.82, 2.24) is 4.98 Å². The maximum absolute atomic E-state index is 11.3. The zero-order valence-corrected chi connectivity index (χ0v) is 12.0. The molecule has 0 bridgehead atoms. The summed E-state index contributed by atoms with van der Waals surface area (Å²) in [4.78, 5) is 19.2. The number of hydrogen-bond donors (Lipinski definition) is 2. The summed E-state index contributed by atoms with van der Waals surface area (Å²) in [5, 5.41) is 2.11. The Balaban J connectivity index is 2.02. The van der Waals surface area contributed by atoms with Crippen LogP contribution in [0.15, 0.2) is 23.6 Å². The smallest absolute Gasteiger partial charge is 0.267 e. The number of carbonyl (C=O) groups excluding carboxylic acids is 1. The lowest BCUT2D eigenvalue weighted by Crippen LogP contribution is -2.34. The molecule has 0 saturated heterocycles. The van der Waals surface area contributed by atoms with Gasteiger partial charge in [-0.3, -0.25) is 4.79 Å². The van der Waals surface area contributed by atoms with Crippen LogP contribution in [0.4, 0.5) is 11.5 Å². The molecule has 2 aromatic rings. The monoisotopic (exact) mass is 288 g/mol. The van der Waals surface area contributed by atoms with Crippen molar-refractivity contribution in [3.63, 3.8) is 0 Å². The second-order valence-corrected chi connectivity index (χ2v) is 5.89. The number of pyridine rings is 1. The van der Waals surface area contributed by atoms with E-state index >= 15 is 0 Å². The van der Waals surface area contributed by atoms with Crippen LogP contribution in [-0.2, 0) is 6.42 Å². The van der Waals surface area contributed by atoms with Gasteiger partial charge in [0, 0.05) is 11.4 Å². The van der Waals surface area contributed by atoms with E-state index in [4.69, 9.17) is 11.5 Å². The maximum atomic E-state index is 11.3. The first-order chi connectivity index (χ1) is 9.58. The van der Waals surface area contributed by atoms with E-state index in [1.54, 1.807) is 23.5 Å². The number of fused-ring (bicyclic) bond motifs is 1. The highest BCUT2D eigenvalue weighted by atomic mass is 32.1. The van der Waals surface area contributed by atoms with Crippen LogP contribution in [-0.4, -0.2) is 17.4 Å². The average Bonchev–Trinajstić information content (AvgIpc) is 2.89. The molecule has 3 heterocycles. The summed E-state index contributed by atoms with van der Waals surface area (Å²) in [5.74, 6) is 0.109. The SMILES string of the molecule is CC1c2ccsc2CCN1c1nc(C(N)=O)ccc1N. The molecule has 1 aliphatic heterocycles. The Labute approximate surface area is 121 Å². The Morgan fingerprint density at radius 2 is 2.25 bits per heavy atom. The van der Waals surface area contributed by atoms with Gasteiger partial charge < -0.3 is 16.4 Å². The minimum Gasteiger partial charge on any atom is -0.396 e. The quantitative estimate of drug-likeness (QED) is 0.884. The van der Waals surface area contributed by atoms with Crippen molar-refractivity contribution in [2.24, 2.45) is 5.73 Å². The second-order valence-electron chi connectivity index (χ2n) is 4.89. The Bertz CT molecular complexity index is 667. The van der Waals surface area contributed by atoms with Gasteiger partial charge in [-0.1, -0.05) is 0 Å². The van der Waals surface area contributed by atoms with Crippen LogP contribution < -0.4 is 16.4 Å². The lowest BCUT2D eigenvalue weighted by Gasteiger charge is -2.35. The third kappa shape index (κ3) is 2.02. The predicted octanol–water partition coefficient (Wildman–Crippen LogP) is 1.95. The van der Waals surface area contributed by atoms with Crippen molar-refractivity contribution >= 4 is 28.7 Å².